The molecule has 240 valence electrons. The van der Waals surface area contributed by atoms with Crippen molar-refractivity contribution in [1.29, 1.82) is 0 Å². The number of aromatic amines is 2. The van der Waals surface area contributed by atoms with Crippen molar-refractivity contribution in [3.63, 3.8) is 0 Å². The molecule has 2 N–H and O–H groups in total. The summed E-state index contributed by atoms with van der Waals surface area (Å²) in [4.78, 5) is 46.8. The molecule has 12 heteroatoms. The lowest BCUT2D eigenvalue weighted by Gasteiger charge is -2.32. The summed E-state index contributed by atoms with van der Waals surface area (Å²) in [6.45, 7) is 1.72. The molecule has 6 heterocycles. The van der Waals surface area contributed by atoms with E-state index in [1.54, 1.807) is 38.5 Å². The van der Waals surface area contributed by atoms with Crippen LogP contribution < -0.4 is 18.9 Å². The highest BCUT2D eigenvalue weighted by molar-refractivity contribution is 6.04. The molecule has 0 radical (unpaired) electrons. The Morgan fingerprint density at radius 2 is 1.17 bits per heavy atom. The van der Waals surface area contributed by atoms with Gasteiger partial charge in [0.25, 0.3) is 11.8 Å². The van der Waals surface area contributed by atoms with Crippen LogP contribution in [0.25, 0.3) is 0 Å². The van der Waals surface area contributed by atoms with Crippen molar-refractivity contribution >= 4 is 35.6 Å². The minimum atomic E-state index is -0.128. The smallest absolute Gasteiger partial charge is 0.257 e. The molecule has 1 unspecified atom stereocenters. The Morgan fingerprint density at radius 1 is 0.702 bits per heavy atom. The number of ether oxygens (including phenoxy) is 4. The van der Waals surface area contributed by atoms with Gasteiger partial charge in [-0.2, -0.15) is 0 Å². The normalized spacial score (nSPS) is 19.0. The fourth-order valence-electron chi connectivity index (χ4n) is 6.76. The van der Waals surface area contributed by atoms with Gasteiger partial charge in [0, 0.05) is 80.7 Å². The first-order chi connectivity index (χ1) is 23.0. The van der Waals surface area contributed by atoms with Gasteiger partial charge in [0.2, 0.25) is 0 Å². The van der Waals surface area contributed by atoms with Gasteiger partial charge in [0.15, 0.2) is 23.0 Å². The first kappa shape index (κ1) is 28.9. The lowest BCUT2D eigenvalue weighted by atomic mass is 10.0. The first-order valence-corrected chi connectivity index (χ1v) is 15.7. The molecule has 0 fully saturated rings. The van der Waals surface area contributed by atoms with Gasteiger partial charge in [-0.1, -0.05) is 0 Å². The van der Waals surface area contributed by atoms with Gasteiger partial charge in [-0.25, -0.2) is 0 Å². The Labute approximate surface area is 271 Å². The molecule has 4 aliphatic rings. The Hall–Kier alpha value is -5.52. The second-order valence-electron chi connectivity index (χ2n) is 12.0. The molecule has 0 spiro atoms. The van der Waals surface area contributed by atoms with Crippen LogP contribution in [0.1, 0.15) is 49.7 Å². The number of nitrogens with zero attached hydrogens (tertiary/aromatic N) is 4. The summed E-state index contributed by atoms with van der Waals surface area (Å²) in [5, 5.41) is 0. The summed E-state index contributed by atoms with van der Waals surface area (Å²) < 4.78 is 23.4. The number of aliphatic imine (C=N–C) groups is 2. The topological polar surface area (TPSA) is 134 Å². The number of carbonyl (C=O) groups excluding carboxylic acids is 2. The Balaban J connectivity index is 0.932. The zero-order chi connectivity index (χ0) is 32.1. The molecule has 8 rings (SSSR count). The fourth-order valence-corrected chi connectivity index (χ4v) is 6.76. The number of aromatic nitrogens is 2. The second kappa shape index (κ2) is 11.7. The Kier molecular flexibility index (Phi) is 7.19. The van der Waals surface area contributed by atoms with E-state index in [1.807, 2.05) is 46.8 Å². The highest BCUT2D eigenvalue weighted by Crippen LogP contribution is 2.40. The van der Waals surface area contributed by atoms with Gasteiger partial charge in [0.1, 0.15) is 0 Å². The SMILES string of the molecule is COc1cc2c(cc1OCCCOc1cc3c(cc1OC)C(=O)N1Cc4cc[nH]c4C[C@H]1C=N3)N=CC1Cc3[nH]ccc3CN1C2=O. The molecule has 2 atom stereocenters. The van der Waals surface area contributed by atoms with Crippen molar-refractivity contribution in [1.82, 2.24) is 19.8 Å². The number of fused-ring (bicyclic) bond motifs is 6. The van der Waals surface area contributed by atoms with Crippen LogP contribution in [0.15, 0.2) is 58.8 Å². The Bertz CT molecular complexity index is 1800. The van der Waals surface area contributed by atoms with Crippen LogP contribution in [-0.4, -0.2) is 83.5 Å². The molecule has 2 aromatic heterocycles. The largest absolute Gasteiger partial charge is 0.493 e. The average molecular weight is 635 g/mol. The van der Waals surface area contributed by atoms with E-state index >= 15 is 0 Å². The molecule has 2 aromatic carbocycles. The monoisotopic (exact) mass is 634 g/mol. The van der Waals surface area contributed by atoms with Gasteiger partial charge in [-0.3, -0.25) is 19.6 Å². The number of carbonyl (C=O) groups is 2. The van der Waals surface area contributed by atoms with Crippen molar-refractivity contribution < 1.29 is 28.5 Å². The van der Waals surface area contributed by atoms with Crippen LogP contribution in [0.5, 0.6) is 23.0 Å². The van der Waals surface area contributed by atoms with E-state index in [1.165, 1.54) is 0 Å². The van der Waals surface area contributed by atoms with Gasteiger partial charge in [-0.15, -0.1) is 0 Å². The van der Waals surface area contributed by atoms with E-state index in [0.29, 0.717) is 91.1 Å². The first-order valence-electron chi connectivity index (χ1n) is 15.7. The Morgan fingerprint density at radius 3 is 1.62 bits per heavy atom. The number of rotatable bonds is 8. The predicted molar refractivity (Wildman–Crippen MR) is 174 cm³/mol. The highest BCUT2D eigenvalue weighted by atomic mass is 16.5. The van der Waals surface area contributed by atoms with E-state index in [-0.39, 0.29) is 23.9 Å². The molecular weight excluding hydrogens is 600 g/mol. The third-order valence-electron chi connectivity index (χ3n) is 9.29. The molecule has 0 bridgehead atoms. The van der Waals surface area contributed by atoms with E-state index in [9.17, 15) is 9.59 Å². The summed E-state index contributed by atoms with van der Waals surface area (Å²) in [5.41, 5.74) is 6.58. The standard InChI is InChI=1S/C35H34N6O6/c1-44-30-12-24-28(38-16-22-10-26-20(4-6-36-26)18-40(22)34(24)42)14-32(30)46-8-3-9-47-33-15-29-25(13-31(33)45-2)35(43)41-19-21-5-7-37-27(21)11-23(41)17-39-29/h4-7,12-17,22-23,36-37H,3,8-11,18-19H2,1-2H3/t22-,23?/m0/s1. The quantitative estimate of drug-likeness (QED) is 0.268. The number of hydrogen-bond donors (Lipinski definition) is 2. The van der Waals surface area contributed by atoms with Crippen LogP contribution in [-0.2, 0) is 25.9 Å². The number of benzene rings is 2. The lowest BCUT2D eigenvalue weighted by Crippen LogP contribution is -2.44. The number of methoxy groups -OCH3 is 2. The number of hydrogen-bond acceptors (Lipinski definition) is 8. The zero-order valence-corrected chi connectivity index (χ0v) is 26.1. The molecule has 12 nitrogen and oxygen atoms in total. The van der Waals surface area contributed by atoms with Crippen LogP contribution in [0.2, 0.25) is 0 Å². The van der Waals surface area contributed by atoms with E-state index in [4.69, 9.17) is 18.9 Å². The lowest BCUT2D eigenvalue weighted by molar-refractivity contribution is 0.0695. The molecule has 2 amide bonds. The number of amides is 2. The predicted octanol–water partition coefficient (Wildman–Crippen LogP) is 4.77. The maximum atomic E-state index is 13.6. The molecule has 0 saturated carbocycles. The maximum Gasteiger partial charge on any atom is 0.257 e. The van der Waals surface area contributed by atoms with Crippen molar-refractivity contribution in [3.05, 3.63) is 82.4 Å². The van der Waals surface area contributed by atoms with Crippen LogP contribution in [0.4, 0.5) is 11.4 Å². The summed E-state index contributed by atoms with van der Waals surface area (Å²) in [6, 6.07) is 10.7. The van der Waals surface area contributed by atoms with E-state index in [2.05, 4.69) is 20.0 Å². The van der Waals surface area contributed by atoms with E-state index < -0.39 is 0 Å². The summed E-state index contributed by atoms with van der Waals surface area (Å²) in [6.07, 6.45) is 9.43. The molecular formula is C35H34N6O6. The van der Waals surface area contributed by atoms with E-state index in [0.717, 1.165) is 22.5 Å². The van der Waals surface area contributed by atoms with Gasteiger partial charge in [-0.05, 0) is 35.4 Å². The average Bonchev–Trinajstić information content (AvgIpc) is 3.71. The van der Waals surface area contributed by atoms with Crippen molar-refractivity contribution in [2.24, 2.45) is 9.98 Å². The second-order valence-corrected chi connectivity index (χ2v) is 12.0. The summed E-state index contributed by atoms with van der Waals surface area (Å²) in [7, 11) is 3.11. The molecule has 4 aromatic rings. The maximum absolute atomic E-state index is 13.6. The minimum Gasteiger partial charge on any atom is -0.493 e. The summed E-state index contributed by atoms with van der Waals surface area (Å²) in [5.74, 6) is 1.75. The van der Waals surface area contributed by atoms with Crippen molar-refractivity contribution in [3.8, 4) is 23.0 Å². The van der Waals surface area contributed by atoms with Crippen molar-refractivity contribution in [2.75, 3.05) is 27.4 Å². The molecule has 4 aliphatic heterocycles. The van der Waals surface area contributed by atoms with Crippen LogP contribution in [0.3, 0.4) is 0 Å². The minimum absolute atomic E-state index is 0.0845. The molecule has 47 heavy (non-hydrogen) atoms. The number of H-pyrrole nitrogens is 2. The molecule has 0 aliphatic carbocycles. The van der Waals surface area contributed by atoms with Gasteiger partial charge in [0.05, 0.1) is 62.0 Å². The zero-order valence-electron chi connectivity index (χ0n) is 26.1. The molecule has 0 saturated heterocycles. The third kappa shape index (κ3) is 5.09. The van der Waals surface area contributed by atoms with Crippen molar-refractivity contribution in [2.45, 2.75) is 44.4 Å². The summed E-state index contributed by atoms with van der Waals surface area (Å²) >= 11 is 0. The van der Waals surface area contributed by atoms with Crippen LogP contribution >= 0.6 is 0 Å². The van der Waals surface area contributed by atoms with Gasteiger partial charge >= 0.3 is 0 Å². The van der Waals surface area contributed by atoms with Crippen LogP contribution in [0, 0.1) is 0 Å². The highest BCUT2D eigenvalue weighted by Gasteiger charge is 2.35. The third-order valence-corrected chi connectivity index (χ3v) is 9.29. The van der Waals surface area contributed by atoms with Gasteiger partial charge < -0.3 is 38.7 Å². The number of nitrogens with one attached hydrogen (secondary N) is 2. The fraction of sp³-hybridized carbons (Fsp3) is 0.314.